The summed E-state index contributed by atoms with van der Waals surface area (Å²) in [6, 6.07) is 10.4. The van der Waals surface area contributed by atoms with Crippen LogP contribution in [0.4, 0.5) is 0 Å². The van der Waals surface area contributed by atoms with Gasteiger partial charge in [0, 0.05) is 10.2 Å². The molecule has 2 aliphatic heterocycles. The Hall–Kier alpha value is -2.38. The van der Waals surface area contributed by atoms with E-state index in [1.54, 1.807) is 30.3 Å². The van der Waals surface area contributed by atoms with Gasteiger partial charge in [-0.05, 0) is 72.4 Å². The quantitative estimate of drug-likeness (QED) is 0.564. The topological polar surface area (TPSA) is 79.4 Å². The predicted molar refractivity (Wildman–Crippen MR) is 112 cm³/mol. The number of hydrogen-bond acceptors (Lipinski definition) is 5. The third-order valence-corrected chi connectivity index (χ3v) is 6.63. The molecule has 0 aliphatic carbocycles. The lowest BCUT2D eigenvalue weighted by Gasteiger charge is -2.43. The van der Waals surface area contributed by atoms with E-state index in [9.17, 15) is 14.4 Å². The monoisotopic (exact) mass is 455 g/mol. The number of fused-ring (bicyclic) bond motifs is 1. The highest BCUT2D eigenvalue weighted by atomic mass is 79.9. The number of carbonyl (C=O) groups is 3. The number of carbonyl (C=O) groups excluding carboxylic acids is 3. The van der Waals surface area contributed by atoms with Crippen LogP contribution in [0.25, 0.3) is 0 Å². The minimum atomic E-state index is -1.07. The largest absolute Gasteiger partial charge is 0.303 e. The molecule has 2 aliphatic rings. The zero-order valence-corrected chi connectivity index (χ0v) is 18.0. The average Bonchev–Trinajstić information content (AvgIpc) is 2.96. The molecule has 0 unspecified atom stereocenters. The van der Waals surface area contributed by atoms with E-state index in [1.165, 1.54) is 4.90 Å². The minimum Gasteiger partial charge on any atom is -0.303 e. The summed E-state index contributed by atoms with van der Waals surface area (Å²) >= 11 is 3.44. The fraction of sp³-hybridized carbons (Fsp3) is 0.364. The maximum absolute atomic E-state index is 13.8. The van der Waals surface area contributed by atoms with Gasteiger partial charge in [0.2, 0.25) is 5.78 Å². The second kappa shape index (κ2) is 7.46. The molecule has 2 atom stereocenters. The highest BCUT2D eigenvalue weighted by molar-refractivity contribution is 9.10. The van der Waals surface area contributed by atoms with Gasteiger partial charge >= 0.3 is 0 Å². The van der Waals surface area contributed by atoms with Crippen molar-refractivity contribution in [3.63, 3.8) is 0 Å². The van der Waals surface area contributed by atoms with Crippen LogP contribution in [-0.4, -0.2) is 46.1 Å². The first-order valence-corrected chi connectivity index (χ1v) is 10.5. The van der Waals surface area contributed by atoms with E-state index < -0.39 is 5.54 Å². The summed E-state index contributed by atoms with van der Waals surface area (Å²) in [5.41, 5.74) is 0.755. The van der Waals surface area contributed by atoms with Crippen LogP contribution in [0.5, 0.6) is 0 Å². The van der Waals surface area contributed by atoms with Gasteiger partial charge in [-0.25, -0.2) is 4.98 Å². The van der Waals surface area contributed by atoms with E-state index >= 15 is 0 Å². The number of benzene rings is 1. The summed E-state index contributed by atoms with van der Waals surface area (Å²) in [7, 11) is 0. The lowest BCUT2D eigenvalue weighted by molar-refractivity contribution is 0.0482. The molecule has 1 aromatic carbocycles. The summed E-state index contributed by atoms with van der Waals surface area (Å²) in [4.78, 5) is 45.3. The van der Waals surface area contributed by atoms with Crippen LogP contribution in [0, 0.1) is 12.8 Å². The van der Waals surface area contributed by atoms with Crippen LogP contribution < -0.4 is 5.32 Å². The molecule has 1 N–H and O–H groups in total. The molecule has 2 amide bonds. The number of ketones is 1. The van der Waals surface area contributed by atoms with Crippen LogP contribution in [0.1, 0.15) is 56.7 Å². The Morgan fingerprint density at radius 3 is 2.48 bits per heavy atom. The maximum atomic E-state index is 13.8. The molecule has 2 aromatic rings. The Kier molecular flexibility index (Phi) is 5.12. The van der Waals surface area contributed by atoms with Gasteiger partial charge in [0.15, 0.2) is 0 Å². The third-order valence-electron chi connectivity index (χ3n) is 5.99. The summed E-state index contributed by atoms with van der Waals surface area (Å²) in [5.74, 6) is -0.971. The van der Waals surface area contributed by atoms with E-state index in [4.69, 9.17) is 0 Å². The number of hydrogen-bond donors (Lipinski definition) is 1. The van der Waals surface area contributed by atoms with Gasteiger partial charge in [-0.2, -0.15) is 0 Å². The molecule has 0 bridgehead atoms. The number of pyridine rings is 1. The molecule has 0 spiro atoms. The summed E-state index contributed by atoms with van der Waals surface area (Å²) in [6.07, 6.45) is 1.76. The Morgan fingerprint density at radius 1 is 1.21 bits per heavy atom. The number of aryl methyl sites for hydroxylation is 1. The van der Waals surface area contributed by atoms with Gasteiger partial charge in [0.25, 0.3) is 11.8 Å². The molecule has 29 heavy (non-hydrogen) atoms. The number of halogens is 1. The maximum Gasteiger partial charge on any atom is 0.261 e. The highest BCUT2D eigenvalue weighted by Crippen LogP contribution is 2.34. The number of Topliss-reactive ketones (excluding diaryl/α,β-unsaturated/α-hetero) is 1. The zero-order valence-electron chi connectivity index (χ0n) is 16.4. The lowest BCUT2D eigenvalue weighted by atomic mass is 9.74. The van der Waals surface area contributed by atoms with E-state index in [0.717, 1.165) is 18.5 Å². The highest BCUT2D eigenvalue weighted by Gasteiger charge is 2.50. The standard InChI is InChI=1S/C22H22BrN3O3/c1-13-6-5-11-24-22(13,19(27)18-17(23)10-9-14(2)25-18)12-26-20(28)15-7-3-4-8-16(15)21(26)29/h3-4,7-10,13,24H,5-6,11-12H2,1-2H3/t13-,22-/m1/s1. The first-order chi connectivity index (χ1) is 13.8. The molecule has 6 nitrogen and oxygen atoms in total. The van der Waals surface area contributed by atoms with Crippen molar-refractivity contribution in [3.05, 3.63) is 63.4 Å². The number of aromatic nitrogens is 1. The molecule has 4 rings (SSSR count). The van der Waals surface area contributed by atoms with Gasteiger partial charge < -0.3 is 5.32 Å². The van der Waals surface area contributed by atoms with E-state index in [0.29, 0.717) is 27.8 Å². The van der Waals surface area contributed by atoms with Crippen molar-refractivity contribution < 1.29 is 14.4 Å². The summed E-state index contributed by atoms with van der Waals surface area (Å²) in [6.45, 7) is 4.45. The molecule has 1 aromatic heterocycles. The molecule has 7 heteroatoms. The lowest BCUT2D eigenvalue weighted by Crippen LogP contribution is -2.65. The molecule has 3 heterocycles. The molecular formula is C22H22BrN3O3. The zero-order chi connectivity index (χ0) is 20.8. The van der Waals surface area contributed by atoms with Crippen LogP contribution in [0.2, 0.25) is 0 Å². The molecule has 1 saturated heterocycles. The SMILES string of the molecule is Cc1ccc(Br)c(C(=O)[C@]2(CN3C(=O)c4ccccc4C3=O)NCCC[C@H]2C)n1. The van der Waals surface area contributed by atoms with Crippen molar-refractivity contribution in [3.8, 4) is 0 Å². The van der Waals surface area contributed by atoms with Crippen LogP contribution in [-0.2, 0) is 0 Å². The fourth-order valence-corrected chi connectivity index (χ4v) is 4.67. The van der Waals surface area contributed by atoms with Crippen molar-refractivity contribution in [2.45, 2.75) is 32.2 Å². The number of nitrogens with one attached hydrogen (secondary N) is 1. The average molecular weight is 456 g/mol. The Balaban J connectivity index is 1.76. The van der Waals surface area contributed by atoms with Gasteiger partial charge in [-0.3, -0.25) is 19.3 Å². The van der Waals surface area contributed by atoms with Crippen molar-refractivity contribution >= 4 is 33.5 Å². The number of rotatable bonds is 4. The Labute approximate surface area is 177 Å². The number of nitrogens with zero attached hydrogens (tertiary/aromatic N) is 2. The molecule has 1 fully saturated rings. The molecule has 0 radical (unpaired) electrons. The minimum absolute atomic E-state index is 0.0125. The van der Waals surface area contributed by atoms with Gasteiger partial charge in [0.1, 0.15) is 11.2 Å². The predicted octanol–water partition coefficient (Wildman–Crippen LogP) is 3.39. The fourth-order valence-electron chi connectivity index (χ4n) is 4.27. The smallest absolute Gasteiger partial charge is 0.261 e. The van der Waals surface area contributed by atoms with Crippen LogP contribution in [0.15, 0.2) is 40.9 Å². The first kappa shape index (κ1) is 19.9. The Bertz CT molecular complexity index is 987. The summed E-state index contributed by atoms with van der Waals surface area (Å²) in [5, 5.41) is 3.37. The molecular weight excluding hydrogens is 434 g/mol. The number of amides is 2. The van der Waals surface area contributed by atoms with Crippen LogP contribution in [0.3, 0.4) is 0 Å². The van der Waals surface area contributed by atoms with Gasteiger partial charge in [-0.1, -0.05) is 19.1 Å². The van der Waals surface area contributed by atoms with Crippen molar-refractivity contribution in [1.82, 2.24) is 15.2 Å². The third kappa shape index (κ3) is 3.22. The van der Waals surface area contributed by atoms with Crippen LogP contribution >= 0.6 is 15.9 Å². The molecule has 0 saturated carbocycles. The molecule has 150 valence electrons. The van der Waals surface area contributed by atoms with Crippen molar-refractivity contribution in [2.75, 3.05) is 13.1 Å². The normalized spacial score (nSPS) is 24.0. The number of piperidine rings is 1. The van der Waals surface area contributed by atoms with Crippen molar-refractivity contribution in [1.29, 1.82) is 0 Å². The first-order valence-electron chi connectivity index (χ1n) is 9.73. The van der Waals surface area contributed by atoms with Crippen molar-refractivity contribution in [2.24, 2.45) is 5.92 Å². The van der Waals surface area contributed by atoms with E-state index in [-0.39, 0.29) is 30.1 Å². The second-order valence-electron chi connectivity index (χ2n) is 7.80. The summed E-state index contributed by atoms with van der Waals surface area (Å²) < 4.78 is 0.606. The Morgan fingerprint density at radius 2 is 1.86 bits per heavy atom. The van der Waals surface area contributed by atoms with Gasteiger partial charge in [-0.15, -0.1) is 0 Å². The van der Waals surface area contributed by atoms with Gasteiger partial charge in [0.05, 0.1) is 17.7 Å². The second-order valence-corrected chi connectivity index (χ2v) is 8.65. The number of imide groups is 1. The van der Waals surface area contributed by atoms with E-state index in [2.05, 4.69) is 26.2 Å². The van der Waals surface area contributed by atoms with E-state index in [1.807, 2.05) is 19.9 Å².